The first kappa shape index (κ1) is 14.3. The van der Waals surface area contributed by atoms with E-state index in [1.54, 1.807) is 0 Å². The number of unbranched alkanes of at least 4 members (excludes halogenated alkanes) is 3. The van der Waals surface area contributed by atoms with E-state index in [9.17, 15) is 0 Å². The third-order valence-electron chi connectivity index (χ3n) is 3.33. The molecule has 3 N–H and O–H groups in total. The summed E-state index contributed by atoms with van der Waals surface area (Å²) in [5.41, 5.74) is 2.18. The lowest BCUT2D eigenvalue weighted by molar-refractivity contribution is 0.225. The third-order valence-corrected chi connectivity index (χ3v) is 3.33. The molecule has 0 aromatic rings. The largest absolute Gasteiger partial charge is 0.352 e. The summed E-state index contributed by atoms with van der Waals surface area (Å²) in [6, 6.07) is 0.484. The highest BCUT2D eigenvalue weighted by molar-refractivity contribution is 5.78. The van der Waals surface area contributed by atoms with E-state index < -0.39 is 0 Å². The smallest absolute Gasteiger partial charge is 0.215 e. The van der Waals surface area contributed by atoms with Crippen LogP contribution in [0, 0.1) is 0 Å². The molecular formula is C13H27N3O. The molecule has 0 heterocycles. The summed E-state index contributed by atoms with van der Waals surface area (Å²) in [5.74, 6) is 0.549. The first-order chi connectivity index (χ1) is 8.36. The molecule has 1 saturated carbocycles. The normalized spacial score (nSPS) is 18.1. The molecular weight excluding hydrogens is 214 g/mol. The zero-order valence-electron chi connectivity index (χ0n) is 11.0. The van der Waals surface area contributed by atoms with Crippen LogP contribution < -0.4 is 10.8 Å². The first-order valence-electron chi connectivity index (χ1n) is 7.08. The Balaban J connectivity index is 2.18. The van der Waals surface area contributed by atoms with Crippen molar-refractivity contribution >= 4 is 5.96 Å². The third kappa shape index (κ3) is 6.51. The summed E-state index contributed by atoms with van der Waals surface area (Å²) in [7, 11) is 0. The average molecular weight is 241 g/mol. The van der Waals surface area contributed by atoms with Crippen LogP contribution in [0.15, 0.2) is 4.99 Å². The fraction of sp³-hybridized carbons (Fsp3) is 0.923. The maximum Gasteiger partial charge on any atom is 0.215 e. The molecule has 0 bridgehead atoms. The van der Waals surface area contributed by atoms with E-state index in [0.29, 0.717) is 12.0 Å². The monoisotopic (exact) mass is 241 g/mol. The SMILES string of the molecule is CCCCCCN=C(NO)NC1CCCCC1. The lowest BCUT2D eigenvalue weighted by atomic mass is 9.96. The van der Waals surface area contributed by atoms with Gasteiger partial charge in [0.1, 0.15) is 0 Å². The number of rotatable bonds is 6. The van der Waals surface area contributed by atoms with E-state index >= 15 is 0 Å². The van der Waals surface area contributed by atoms with E-state index in [0.717, 1.165) is 13.0 Å². The quantitative estimate of drug-likeness (QED) is 0.290. The number of nitrogens with one attached hydrogen (secondary N) is 2. The number of nitrogens with zero attached hydrogens (tertiary/aromatic N) is 1. The van der Waals surface area contributed by atoms with Crippen LogP contribution >= 0.6 is 0 Å². The van der Waals surface area contributed by atoms with Gasteiger partial charge in [-0.3, -0.25) is 10.2 Å². The molecule has 4 heteroatoms. The van der Waals surface area contributed by atoms with Crippen molar-refractivity contribution in [2.45, 2.75) is 70.8 Å². The van der Waals surface area contributed by atoms with Crippen molar-refractivity contribution in [3.8, 4) is 0 Å². The van der Waals surface area contributed by atoms with E-state index in [4.69, 9.17) is 5.21 Å². The van der Waals surface area contributed by atoms with Crippen LogP contribution in [0.4, 0.5) is 0 Å². The van der Waals surface area contributed by atoms with Gasteiger partial charge in [0.05, 0.1) is 0 Å². The second-order valence-electron chi connectivity index (χ2n) is 4.88. The van der Waals surface area contributed by atoms with Crippen LogP contribution in [0.5, 0.6) is 0 Å². The van der Waals surface area contributed by atoms with Gasteiger partial charge in [0.25, 0.3) is 0 Å². The van der Waals surface area contributed by atoms with Crippen LogP contribution in [-0.4, -0.2) is 23.8 Å². The van der Waals surface area contributed by atoms with Gasteiger partial charge in [-0.1, -0.05) is 45.4 Å². The van der Waals surface area contributed by atoms with Gasteiger partial charge >= 0.3 is 0 Å². The van der Waals surface area contributed by atoms with Gasteiger partial charge in [0.2, 0.25) is 5.96 Å². The molecule has 0 radical (unpaired) electrons. The molecule has 0 aromatic heterocycles. The number of hydroxylamine groups is 1. The molecule has 1 aliphatic rings. The molecule has 0 aromatic carbocycles. The zero-order valence-corrected chi connectivity index (χ0v) is 11.0. The summed E-state index contributed by atoms with van der Waals surface area (Å²) in [4.78, 5) is 4.35. The maximum absolute atomic E-state index is 9.02. The predicted molar refractivity (Wildman–Crippen MR) is 71.4 cm³/mol. The van der Waals surface area contributed by atoms with Crippen LogP contribution in [0.25, 0.3) is 0 Å². The topological polar surface area (TPSA) is 56.7 Å². The van der Waals surface area contributed by atoms with Crippen LogP contribution in [0.2, 0.25) is 0 Å². The Morgan fingerprint density at radius 2 is 1.94 bits per heavy atom. The number of hydrogen-bond acceptors (Lipinski definition) is 2. The van der Waals surface area contributed by atoms with Gasteiger partial charge in [0.15, 0.2) is 0 Å². The molecule has 1 rings (SSSR count). The Labute approximate surface area is 105 Å². The standard InChI is InChI=1S/C13H27N3O/c1-2-3-4-8-11-14-13(16-17)15-12-9-6-5-7-10-12/h12,17H,2-11H2,1H3,(H2,14,15,16). The minimum atomic E-state index is 0.484. The van der Waals surface area contributed by atoms with Crippen molar-refractivity contribution in [1.82, 2.24) is 10.8 Å². The van der Waals surface area contributed by atoms with Gasteiger partial charge in [-0.2, -0.15) is 0 Å². The molecule has 0 amide bonds. The van der Waals surface area contributed by atoms with E-state index in [2.05, 4.69) is 22.7 Å². The molecule has 4 nitrogen and oxygen atoms in total. The zero-order chi connectivity index (χ0) is 12.3. The molecule has 0 spiro atoms. The molecule has 1 fully saturated rings. The molecule has 100 valence electrons. The van der Waals surface area contributed by atoms with Crippen molar-refractivity contribution in [2.24, 2.45) is 4.99 Å². The Bertz CT molecular complexity index is 213. The van der Waals surface area contributed by atoms with E-state index in [-0.39, 0.29) is 0 Å². The van der Waals surface area contributed by atoms with Gasteiger partial charge in [-0.05, 0) is 19.3 Å². The molecule has 0 atom stereocenters. The lowest BCUT2D eigenvalue weighted by Crippen LogP contribution is -2.43. The highest BCUT2D eigenvalue weighted by atomic mass is 16.5. The minimum Gasteiger partial charge on any atom is -0.352 e. The second kappa shape index (κ2) is 9.28. The van der Waals surface area contributed by atoms with Crippen LogP contribution in [0.3, 0.4) is 0 Å². The van der Waals surface area contributed by atoms with Crippen molar-refractivity contribution in [2.75, 3.05) is 6.54 Å². The van der Waals surface area contributed by atoms with E-state index in [1.807, 2.05) is 0 Å². The molecule has 1 aliphatic carbocycles. The van der Waals surface area contributed by atoms with Crippen molar-refractivity contribution in [1.29, 1.82) is 0 Å². The predicted octanol–water partition coefficient (Wildman–Crippen LogP) is 2.82. The molecule has 0 unspecified atom stereocenters. The summed E-state index contributed by atoms with van der Waals surface area (Å²) in [6.07, 6.45) is 11.1. The summed E-state index contributed by atoms with van der Waals surface area (Å²) in [6.45, 7) is 3.00. The highest BCUT2D eigenvalue weighted by Crippen LogP contribution is 2.17. The molecule has 0 aliphatic heterocycles. The number of hydrogen-bond donors (Lipinski definition) is 3. The van der Waals surface area contributed by atoms with Crippen molar-refractivity contribution < 1.29 is 5.21 Å². The fourth-order valence-corrected chi connectivity index (χ4v) is 2.28. The van der Waals surface area contributed by atoms with Crippen LogP contribution in [0.1, 0.15) is 64.7 Å². The molecule has 0 saturated heterocycles. The average Bonchev–Trinajstić information content (AvgIpc) is 2.38. The first-order valence-corrected chi connectivity index (χ1v) is 7.08. The molecule has 17 heavy (non-hydrogen) atoms. The summed E-state index contributed by atoms with van der Waals surface area (Å²) in [5, 5.41) is 12.3. The van der Waals surface area contributed by atoms with Gasteiger partial charge in [-0.25, -0.2) is 5.48 Å². The van der Waals surface area contributed by atoms with Crippen molar-refractivity contribution in [3.05, 3.63) is 0 Å². The number of guanidine groups is 1. The van der Waals surface area contributed by atoms with Gasteiger partial charge in [0, 0.05) is 12.6 Å². The summed E-state index contributed by atoms with van der Waals surface area (Å²) < 4.78 is 0. The van der Waals surface area contributed by atoms with Gasteiger partial charge in [-0.15, -0.1) is 0 Å². The van der Waals surface area contributed by atoms with E-state index in [1.165, 1.54) is 51.4 Å². The van der Waals surface area contributed by atoms with Crippen molar-refractivity contribution in [3.63, 3.8) is 0 Å². The highest BCUT2D eigenvalue weighted by Gasteiger charge is 2.14. The fourth-order valence-electron chi connectivity index (χ4n) is 2.28. The van der Waals surface area contributed by atoms with Gasteiger partial charge < -0.3 is 5.32 Å². The van der Waals surface area contributed by atoms with Crippen LogP contribution in [-0.2, 0) is 0 Å². The Kier molecular flexibility index (Phi) is 7.80. The number of aliphatic imine (C=N–C) groups is 1. The maximum atomic E-state index is 9.02. The second-order valence-corrected chi connectivity index (χ2v) is 4.88. The summed E-state index contributed by atoms with van der Waals surface area (Å²) >= 11 is 0. The Hall–Kier alpha value is -0.770. The Morgan fingerprint density at radius 1 is 1.18 bits per heavy atom. The minimum absolute atomic E-state index is 0.484. The Morgan fingerprint density at radius 3 is 2.59 bits per heavy atom. The lowest BCUT2D eigenvalue weighted by Gasteiger charge is -2.23.